The van der Waals surface area contributed by atoms with Gasteiger partial charge >= 0.3 is 5.97 Å². The molecule has 0 aliphatic heterocycles. The highest BCUT2D eigenvalue weighted by Crippen LogP contribution is 2.35. The van der Waals surface area contributed by atoms with Crippen molar-refractivity contribution in [2.45, 2.75) is 52.9 Å². The van der Waals surface area contributed by atoms with Crippen LogP contribution in [0.5, 0.6) is 0 Å². The maximum absolute atomic E-state index is 11.5. The summed E-state index contributed by atoms with van der Waals surface area (Å²) in [5.41, 5.74) is 1.81. The number of halogens is 2. The third-order valence-electron chi connectivity index (χ3n) is 4.49. The van der Waals surface area contributed by atoms with Gasteiger partial charge in [-0.05, 0) is 30.9 Å². The topological polar surface area (TPSA) is 62.2 Å². The second-order valence-corrected chi connectivity index (χ2v) is 9.33. The number of anilines is 1. The molecule has 7 heteroatoms. The van der Waals surface area contributed by atoms with Gasteiger partial charge in [-0.1, -0.05) is 69.3 Å². The first-order valence-corrected chi connectivity index (χ1v) is 11.3. The summed E-state index contributed by atoms with van der Waals surface area (Å²) in [5.74, 6) is -0.680. The number of aliphatic carboxylic acids is 1. The average Bonchev–Trinajstić information content (AvgIpc) is 3.02. The first kappa shape index (κ1) is 23.0. The molecule has 0 saturated carbocycles. The number of thiazole rings is 1. The maximum atomic E-state index is 11.5. The van der Waals surface area contributed by atoms with Crippen molar-refractivity contribution in [3.8, 4) is 11.3 Å². The van der Waals surface area contributed by atoms with Crippen molar-refractivity contribution in [2.24, 2.45) is 11.8 Å². The average molecular weight is 443 g/mol. The summed E-state index contributed by atoms with van der Waals surface area (Å²) >= 11 is 13.8. The number of nitrogens with one attached hydrogen (secondary N) is 1. The Hall–Kier alpha value is -1.30. The number of carboxylic acids is 1. The van der Waals surface area contributed by atoms with E-state index in [1.54, 1.807) is 17.4 Å². The molecule has 0 radical (unpaired) electrons. The number of hydrogen-bond donors (Lipinski definition) is 2. The van der Waals surface area contributed by atoms with Gasteiger partial charge in [0.15, 0.2) is 5.13 Å². The summed E-state index contributed by atoms with van der Waals surface area (Å²) < 4.78 is 0. The Balaban J connectivity index is 2.19. The highest BCUT2D eigenvalue weighted by Gasteiger charge is 2.19. The zero-order valence-corrected chi connectivity index (χ0v) is 18.9. The molecule has 0 bridgehead atoms. The van der Waals surface area contributed by atoms with E-state index in [0.29, 0.717) is 28.9 Å². The number of hydrogen-bond acceptors (Lipinski definition) is 4. The Bertz CT molecular complexity index is 793. The molecule has 154 valence electrons. The Morgan fingerprint density at radius 3 is 2.61 bits per heavy atom. The van der Waals surface area contributed by atoms with Gasteiger partial charge in [-0.15, -0.1) is 11.3 Å². The van der Waals surface area contributed by atoms with Gasteiger partial charge in [0.2, 0.25) is 0 Å². The molecule has 0 aliphatic rings. The van der Waals surface area contributed by atoms with Crippen LogP contribution < -0.4 is 5.32 Å². The monoisotopic (exact) mass is 442 g/mol. The molecule has 1 heterocycles. The summed E-state index contributed by atoms with van der Waals surface area (Å²) in [4.78, 5) is 17.4. The van der Waals surface area contributed by atoms with Crippen LogP contribution in [0, 0.1) is 11.8 Å². The van der Waals surface area contributed by atoms with Crippen molar-refractivity contribution in [3.63, 3.8) is 0 Å². The smallest absolute Gasteiger partial charge is 0.308 e. The van der Waals surface area contributed by atoms with Gasteiger partial charge in [0.1, 0.15) is 0 Å². The van der Waals surface area contributed by atoms with E-state index < -0.39 is 11.9 Å². The molecule has 28 heavy (non-hydrogen) atoms. The molecule has 1 unspecified atom stereocenters. The fourth-order valence-electron chi connectivity index (χ4n) is 2.97. The lowest BCUT2D eigenvalue weighted by molar-refractivity contribution is -0.141. The van der Waals surface area contributed by atoms with E-state index in [0.717, 1.165) is 46.9 Å². The van der Waals surface area contributed by atoms with Crippen LogP contribution in [0.15, 0.2) is 18.2 Å². The Morgan fingerprint density at radius 1 is 1.25 bits per heavy atom. The molecule has 0 amide bonds. The molecule has 1 atom stereocenters. The van der Waals surface area contributed by atoms with Gasteiger partial charge in [-0.3, -0.25) is 4.79 Å². The van der Waals surface area contributed by atoms with Crippen molar-refractivity contribution in [2.75, 3.05) is 11.9 Å². The van der Waals surface area contributed by atoms with Crippen molar-refractivity contribution in [3.05, 3.63) is 33.1 Å². The van der Waals surface area contributed by atoms with E-state index in [4.69, 9.17) is 28.2 Å². The maximum Gasteiger partial charge on any atom is 0.308 e. The van der Waals surface area contributed by atoms with Gasteiger partial charge in [0, 0.05) is 17.0 Å². The molecule has 2 N–H and O–H groups in total. The first-order valence-electron chi connectivity index (χ1n) is 9.73. The van der Waals surface area contributed by atoms with E-state index in [1.807, 2.05) is 12.1 Å². The lowest BCUT2D eigenvalue weighted by Crippen LogP contribution is -2.22. The van der Waals surface area contributed by atoms with Crippen molar-refractivity contribution >= 4 is 45.6 Å². The van der Waals surface area contributed by atoms with Crippen molar-refractivity contribution in [1.29, 1.82) is 0 Å². The third-order valence-corrected chi connectivity index (χ3v) is 6.26. The zero-order valence-electron chi connectivity index (χ0n) is 16.6. The molecule has 0 aliphatic carbocycles. The van der Waals surface area contributed by atoms with Crippen LogP contribution in [0.3, 0.4) is 0 Å². The Labute approximate surface area is 181 Å². The number of aromatic nitrogens is 1. The van der Waals surface area contributed by atoms with Crippen LogP contribution in [0.2, 0.25) is 10.0 Å². The van der Waals surface area contributed by atoms with Crippen LogP contribution in [-0.2, 0) is 11.2 Å². The summed E-state index contributed by atoms with van der Waals surface area (Å²) in [6.07, 6.45) is 4.65. The summed E-state index contributed by atoms with van der Waals surface area (Å²) in [7, 11) is 0. The largest absolute Gasteiger partial charge is 0.481 e. The molecule has 2 aromatic rings. The standard InChI is InChI=1S/C21H28Cl2N2O2S/c1-4-5-6-7-15(20(26)27)12-24-21-25-19(18(28-21)10-13(2)3)14-8-9-16(22)17(23)11-14/h8-9,11,13,15H,4-7,10,12H2,1-3H3,(H,24,25)(H,26,27). The molecular formula is C21H28Cl2N2O2S. The van der Waals surface area contributed by atoms with Crippen LogP contribution >= 0.6 is 34.5 Å². The predicted octanol–water partition coefficient (Wildman–Crippen LogP) is 7.01. The van der Waals surface area contributed by atoms with Crippen LogP contribution in [0.25, 0.3) is 11.3 Å². The molecule has 2 rings (SSSR count). The number of unbranched alkanes of at least 4 members (excludes halogenated alkanes) is 2. The normalized spacial score (nSPS) is 12.4. The third kappa shape index (κ3) is 6.64. The molecule has 0 fully saturated rings. The van der Waals surface area contributed by atoms with E-state index in [1.165, 1.54) is 0 Å². The summed E-state index contributed by atoms with van der Waals surface area (Å²) in [5, 5.41) is 14.5. The van der Waals surface area contributed by atoms with E-state index in [2.05, 4.69) is 26.1 Å². The highest BCUT2D eigenvalue weighted by atomic mass is 35.5. The van der Waals surface area contributed by atoms with E-state index >= 15 is 0 Å². The minimum atomic E-state index is -0.757. The lowest BCUT2D eigenvalue weighted by Gasteiger charge is -2.12. The number of carbonyl (C=O) groups is 1. The zero-order chi connectivity index (χ0) is 20.7. The minimum absolute atomic E-state index is 0.383. The second-order valence-electron chi connectivity index (χ2n) is 7.43. The van der Waals surface area contributed by atoms with Crippen LogP contribution in [0.4, 0.5) is 5.13 Å². The number of rotatable bonds is 11. The predicted molar refractivity (Wildman–Crippen MR) is 120 cm³/mol. The van der Waals surface area contributed by atoms with Gasteiger partial charge < -0.3 is 10.4 Å². The molecule has 1 aromatic heterocycles. The lowest BCUT2D eigenvalue weighted by atomic mass is 10.0. The highest BCUT2D eigenvalue weighted by molar-refractivity contribution is 7.16. The number of nitrogens with zero attached hydrogens (tertiary/aromatic N) is 1. The molecular weight excluding hydrogens is 415 g/mol. The molecule has 0 saturated heterocycles. The summed E-state index contributed by atoms with van der Waals surface area (Å²) in [6.45, 7) is 6.83. The minimum Gasteiger partial charge on any atom is -0.481 e. The van der Waals surface area contributed by atoms with Gasteiger partial charge in [-0.25, -0.2) is 4.98 Å². The second kappa shape index (κ2) is 11.0. The van der Waals surface area contributed by atoms with Gasteiger partial charge in [-0.2, -0.15) is 0 Å². The number of carboxylic acid groups (broad SMARTS) is 1. The molecule has 4 nitrogen and oxygen atoms in total. The van der Waals surface area contributed by atoms with E-state index in [-0.39, 0.29) is 0 Å². The molecule has 1 aromatic carbocycles. The van der Waals surface area contributed by atoms with Crippen LogP contribution in [-0.4, -0.2) is 22.6 Å². The van der Waals surface area contributed by atoms with Gasteiger partial charge in [0.05, 0.1) is 21.7 Å². The van der Waals surface area contributed by atoms with Crippen molar-refractivity contribution < 1.29 is 9.90 Å². The van der Waals surface area contributed by atoms with E-state index in [9.17, 15) is 9.90 Å². The summed E-state index contributed by atoms with van der Waals surface area (Å²) in [6, 6.07) is 5.53. The fraction of sp³-hybridized carbons (Fsp3) is 0.524. The number of benzene rings is 1. The molecule has 0 spiro atoms. The Morgan fingerprint density at radius 2 is 2.00 bits per heavy atom. The van der Waals surface area contributed by atoms with Crippen molar-refractivity contribution in [1.82, 2.24) is 4.98 Å². The van der Waals surface area contributed by atoms with Crippen LogP contribution in [0.1, 0.15) is 51.3 Å². The first-order chi connectivity index (χ1) is 13.3. The SMILES string of the molecule is CCCCCC(CNc1nc(-c2ccc(Cl)c(Cl)c2)c(CC(C)C)s1)C(=O)O. The van der Waals surface area contributed by atoms with Gasteiger partial charge in [0.25, 0.3) is 0 Å². The quantitative estimate of drug-likeness (QED) is 0.367. The Kier molecular flexibility index (Phi) is 9.06. The fourth-order valence-corrected chi connectivity index (χ4v) is 4.47.